The summed E-state index contributed by atoms with van der Waals surface area (Å²) in [5.41, 5.74) is 0. The van der Waals surface area contributed by atoms with Crippen LogP contribution in [0.25, 0.3) is 0 Å². The third kappa shape index (κ3) is 56.4. The van der Waals surface area contributed by atoms with Crippen LogP contribution in [0.5, 0.6) is 0 Å². The molecule has 0 unspecified atom stereocenters. The Hall–Kier alpha value is -2.14. The molecule has 0 aliphatic heterocycles. The van der Waals surface area contributed by atoms with Gasteiger partial charge in [0, 0.05) is 19.4 Å². The van der Waals surface area contributed by atoms with Gasteiger partial charge in [-0.05, 0) is 64.2 Å². The van der Waals surface area contributed by atoms with Gasteiger partial charge >= 0.3 is 11.9 Å². The first-order chi connectivity index (χ1) is 33.6. The van der Waals surface area contributed by atoms with E-state index in [0.717, 1.165) is 70.6 Å². The van der Waals surface area contributed by atoms with E-state index in [9.17, 15) is 9.59 Å². The lowest BCUT2D eigenvalue weighted by molar-refractivity contribution is -0.155. The summed E-state index contributed by atoms with van der Waals surface area (Å²) in [6.45, 7) is 7.73. The zero-order chi connectivity index (χ0) is 49.2. The van der Waals surface area contributed by atoms with Crippen LogP contribution in [0.15, 0.2) is 48.6 Å². The monoisotopic (exact) mass is 953 g/mol. The lowest BCUT2D eigenvalue weighted by Gasteiger charge is -2.18. The van der Waals surface area contributed by atoms with Crippen molar-refractivity contribution in [1.82, 2.24) is 0 Å². The second kappa shape index (κ2) is 59.2. The molecule has 0 saturated heterocycles. The SMILES string of the molecule is CCCCC/C=C\C/C=C\C/C=C\C/C=C\CCCCCC(=O)OC[C@H](COC(=O)CCCCCCCCCCCCCCCCCCC)OCCCCCCCCCCCCCCCCCC. The Morgan fingerprint density at radius 1 is 0.309 bits per heavy atom. The van der Waals surface area contributed by atoms with Crippen LogP contribution in [-0.4, -0.2) is 37.9 Å². The number of unbranched alkanes of at least 4 members (excludes halogenated alkanes) is 37. The van der Waals surface area contributed by atoms with Crippen LogP contribution in [0.2, 0.25) is 0 Å². The summed E-state index contributed by atoms with van der Waals surface area (Å²) in [7, 11) is 0. The van der Waals surface area contributed by atoms with Gasteiger partial charge in [-0.25, -0.2) is 0 Å². The predicted octanol–water partition coefficient (Wildman–Crippen LogP) is 20.7. The first-order valence-electron chi connectivity index (χ1n) is 30.2. The Bertz CT molecular complexity index is 1120. The Balaban J connectivity index is 4.28. The van der Waals surface area contributed by atoms with Gasteiger partial charge in [-0.2, -0.15) is 0 Å². The fraction of sp³-hybridized carbons (Fsp3) is 0.841. The molecule has 0 aromatic carbocycles. The average Bonchev–Trinajstić information content (AvgIpc) is 3.34. The topological polar surface area (TPSA) is 61.8 Å². The molecule has 0 saturated carbocycles. The minimum atomic E-state index is -0.410. The Morgan fingerprint density at radius 2 is 0.559 bits per heavy atom. The van der Waals surface area contributed by atoms with E-state index in [1.54, 1.807) is 0 Å². The van der Waals surface area contributed by atoms with Crippen molar-refractivity contribution in [2.24, 2.45) is 0 Å². The molecule has 5 nitrogen and oxygen atoms in total. The van der Waals surface area contributed by atoms with E-state index in [0.29, 0.717) is 19.4 Å². The molecule has 5 heteroatoms. The zero-order valence-electron chi connectivity index (χ0n) is 45.9. The summed E-state index contributed by atoms with van der Waals surface area (Å²) in [6.07, 6.45) is 74.4. The summed E-state index contributed by atoms with van der Waals surface area (Å²) in [5.74, 6) is -0.351. The van der Waals surface area contributed by atoms with Gasteiger partial charge in [0.15, 0.2) is 0 Å². The van der Waals surface area contributed by atoms with Crippen LogP contribution in [0.1, 0.15) is 316 Å². The first-order valence-corrected chi connectivity index (χ1v) is 30.2. The van der Waals surface area contributed by atoms with Gasteiger partial charge in [-0.1, -0.05) is 288 Å². The lowest BCUT2D eigenvalue weighted by Crippen LogP contribution is -2.29. The number of hydrogen-bond donors (Lipinski definition) is 0. The maximum absolute atomic E-state index is 12.7. The Kier molecular flexibility index (Phi) is 57.3. The van der Waals surface area contributed by atoms with Crippen LogP contribution in [0, 0.1) is 0 Å². The second-order valence-electron chi connectivity index (χ2n) is 20.3. The molecule has 0 aromatic rings. The standard InChI is InChI=1S/C63H116O5/c1-4-7-10-13-16-19-22-25-28-31-32-34-36-39-42-45-48-51-54-57-63(65)68-60-61(66-58-55-52-49-46-43-40-37-30-27-24-21-18-15-12-9-6-3)59-67-62(64)56-53-50-47-44-41-38-35-33-29-26-23-20-17-14-11-8-5-2/h16,19,25,28,32,34,39,42,61H,4-15,17-18,20-24,26-27,29-31,33,35-38,40-41,43-60H2,1-3H3/b19-16-,28-25-,34-32-,42-39-/t61-/m0/s1. The van der Waals surface area contributed by atoms with Crippen molar-refractivity contribution in [3.05, 3.63) is 48.6 Å². The highest BCUT2D eigenvalue weighted by atomic mass is 16.6. The van der Waals surface area contributed by atoms with Gasteiger partial charge < -0.3 is 14.2 Å². The highest BCUT2D eigenvalue weighted by Gasteiger charge is 2.16. The van der Waals surface area contributed by atoms with E-state index in [1.807, 2.05) is 0 Å². The summed E-state index contributed by atoms with van der Waals surface area (Å²) in [4.78, 5) is 25.3. The van der Waals surface area contributed by atoms with Crippen molar-refractivity contribution in [3.63, 3.8) is 0 Å². The van der Waals surface area contributed by atoms with Crippen LogP contribution >= 0.6 is 0 Å². The van der Waals surface area contributed by atoms with Gasteiger partial charge in [-0.15, -0.1) is 0 Å². The number of esters is 2. The Labute approximate surface area is 424 Å². The average molecular weight is 954 g/mol. The number of hydrogen-bond acceptors (Lipinski definition) is 5. The van der Waals surface area contributed by atoms with Gasteiger partial charge in [0.05, 0.1) is 0 Å². The largest absolute Gasteiger partial charge is 0.463 e. The van der Waals surface area contributed by atoms with E-state index in [2.05, 4.69) is 69.4 Å². The van der Waals surface area contributed by atoms with E-state index >= 15 is 0 Å². The highest BCUT2D eigenvalue weighted by molar-refractivity contribution is 5.69. The van der Waals surface area contributed by atoms with Crippen molar-refractivity contribution in [3.8, 4) is 0 Å². The number of carbonyl (C=O) groups excluding carboxylic acids is 2. The molecule has 0 rings (SSSR count). The van der Waals surface area contributed by atoms with Crippen LogP contribution in [0.4, 0.5) is 0 Å². The number of carbonyl (C=O) groups is 2. The third-order valence-electron chi connectivity index (χ3n) is 13.4. The van der Waals surface area contributed by atoms with E-state index in [4.69, 9.17) is 14.2 Å². The molecule has 0 aromatic heterocycles. The molecule has 0 bridgehead atoms. The molecule has 0 radical (unpaired) electrons. The normalized spacial score (nSPS) is 12.5. The van der Waals surface area contributed by atoms with Gasteiger partial charge in [0.2, 0.25) is 0 Å². The Morgan fingerprint density at radius 3 is 0.897 bits per heavy atom. The minimum Gasteiger partial charge on any atom is -0.463 e. The molecular weight excluding hydrogens is 837 g/mol. The second-order valence-corrected chi connectivity index (χ2v) is 20.3. The molecule has 0 heterocycles. The van der Waals surface area contributed by atoms with Crippen LogP contribution in [0.3, 0.4) is 0 Å². The summed E-state index contributed by atoms with van der Waals surface area (Å²) in [6, 6.07) is 0. The van der Waals surface area contributed by atoms with Gasteiger partial charge in [0.25, 0.3) is 0 Å². The van der Waals surface area contributed by atoms with Crippen molar-refractivity contribution in [1.29, 1.82) is 0 Å². The molecule has 0 amide bonds. The molecule has 398 valence electrons. The summed E-state index contributed by atoms with van der Waals surface area (Å²) < 4.78 is 17.5. The van der Waals surface area contributed by atoms with Crippen molar-refractivity contribution >= 4 is 11.9 Å². The van der Waals surface area contributed by atoms with E-state index in [-0.39, 0.29) is 25.2 Å². The van der Waals surface area contributed by atoms with Crippen molar-refractivity contribution in [2.45, 2.75) is 322 Å². The smallest absolute Gasteiger partial charge is 0.305 e. The van der Waals surface area contributed by atoms with Gasteiger partial charge in [-0.3, -0.25) is 9.59 Å². The number of rotatable bonds is 56. The summed E-state index contributed by atoms with van der Waals surface area (Å²) in [5, 5.41) is 0. The van der Waals surface area contributed by atoms with Crippen LogP contribution < -0.4 is 0 Å². The lowest BCUT2D eigenvalue weighted by atomic mass is 10.0. The van der Waals surface area contributed by atoms with E-state index in [1.165, 1.54) is 212 Å². The first kappa shape index (κ1) is 65.9. The third-order valence-corrected chi connectivity index (χ3v) is 13.4. The maximum Gasteiger partial charge on any atom is 0.305 e. The fourth-order valence-corrected chi connectivity index (χ4v) is 8.82. The fourth-order valence-electron chi connectivity index (χ4n) is 8.82. The molecule has 0 aliphatic rings. The van der Waals surface area contributed by atoms with Crippen molar-refractivity contribution < 1.29 is 23.8 Å². The van der Waals surface area contributed by atoms with Crippen molar-refractivity contribution in [2.75, 3.05) is 19.8 Å². The molecule has 1 atom stereocenters. The van der Waals surface area contributed by atoms with Gasteiger partial charge in [0.1, 0.15) is 19.3 Å². The number of allylic oxidation sites excluding steroid dienone is 8. The zero-order valence-corrected chi connectivity index (χ0v) is 45.9. The molecule has 0 fully saturated rings. The highest BCUT2D eigenvalue weighted by Crippen LogP contribution is 2.17. The maximum atomic E-state index is 12.7. The quantitative estimate of drug-likeness (QED) is 0.0345. The predicted molar refractivity (Wildman–Crippen MR) is 298 cm³/mol. The molecule has 0 spiro atoms. The van der Waals surface area contributed by atoms with Crippen LogP contribution in [-0.2, 0) is 23.8 Å². The molecule has 0 N–H and O–H groups in total. The molecule has 68 heavy (non-hydrogen) atoms. The molecular formula is C63H116O5. The number of ether oxygens (including phenoxy) is 3. The van der Waals surface area contributed by atoms with E-state index < -0.39 is 6.10 Å². The minimum absolute atomic E-state index is 0.145. The summed E-state index contributed by atoms with van der Waals surface area (Å²) >= 11 is 0. The molecule has 0 aliphatic carbocycles.